The van der Waals surface area contributed by atoms with Crippen LogP contribution in [0.2, 0.25) is 0 Å². The topological polar surface area (TPSA) is 100 Å². The number of esters is 1. The van der Waals surface area contributed by atoms with Gasteiger partial charge in [0.2, 0.25) is 0 Å². The second-order valence-electron chi connectivity index (χ2n) is 9.22. The van der Waals surface area contributed by atoms with Crippen molar-refractivity contribution >= 4 is 23.1 Å². The number of allylic oxidation sites excluding steroid dienone is 2. The van der Waals surface area contributed by atoms with E-state index in [4.69, 9.17) is 24.0 Å². The molecular formula is C31H37N3O6. The number of oxime groups is 3. The molecule has 0 saturated heterocycles. The molecule has 0 heterocycles. The fourth-order valence-corrected chi connectivity index (χ4v) is 4.07. The van der Waals surface area contributed by atoms with Crippen LogP contribution in [0.1, 0.15) is 51.7 Å². The van der Waals surface area contributed by atoms with E-state index in [1.54, 1.807) is 6.92 Å². The Labute approximate surface area is 235 Å². The van der Waals surface area contributed by atoms with Gasteiger partial charge in [-0.25, -0.2) is 4.79 Å². The van der Waals surface area contributed by atoms with Gasteiger partial charge in [0, 0.05) is 5.56 Å². The maximum absolute atomic E-state index is 12.4. The molecule has 0 bridgehead atoms. The van der Waals surface area contributed by atoms with Crippen molar-refractivity contribution in [3.63, 3.8) is 0 Å². The van der Waals surface area contributed by atoms with Crippen LogP contribution >= 0.6 is 0 Å². The van der Waals surface area contributed by atoms with Crippen LogP contribution in [0, 0.1) is 0 Å². The van der Waals surface area contributed by atoms with Crippen LogP contribution in [-0.4, -0.2) is 50.5 Å². The van der Waals surface area contributed by atoms with Crippen LogP contribution < -0.4 is 4.74 Å². The van der Waals surface area contributed by atoms with E-state index in [9.17, 15) is 4.79 Å². The SMILES string of the molecule is CCON=C(C(C)=NOCC1=C(C(=NOC)C(=O)OC)CC(C)=C(C)C1)c1ccc(OCc2ccccc2)cc1. The minimum Gasteiger partial charge on any atom is -0.489 e. The molecule has 0 spiro atoms. The Hall–Kier alpha value is -4.40. The summed E-state index contributed by atoms with van der Waals surface area (Å²) in [5.74, 6) is 0.174. The van der Waals surface area contributed by atoms with E-state index in [0.717, 1.165) is 33.6 Å². The Morgan fingerprint density at radius 1 is 0.825 bits per heavy atom. The van der Waals surface area contributed by atoms with Crippen LogP contribution in [0.25, 0.3) is 0 Å². The zero-order valence-electron chi connectivity index (χ0n) is 24.0. The van der Waals surface area contributed by atoms with Crippen molar-refractivity contribution in [2.45, 2.75) is 47.1 Å². The Balaban J connectivity index is 1.77. The molecule has 9 heteroatoms. The first-order chi connectivity index (χ1) is 19.4. The van der Waals surface area contributed by atoms with Gasteiger partial charge in [-0.1, -0.05) is 56.9 Å². The first kappa shape index (κ1) is 30.1. The number of nitrogens with zero attached hydrogens (tertiary/aromatic N) is 3. The molecule has 40 heavy (non-hydrogen) atoms. The van der Waals surface area contributed by atoms with E-state index in [1.165, 1.54) is 19.8 Å². The number of hydrogen-bond acceptors (Lipinski definition) is 9. The highest BCUT2D eigenvalue weighted by molar-refractivity contribution is 6.47. The average molecular weight is 548 g/mol. The summed E-state index contributed by atoms with van der Waals surface area (Å²) >= 11 is 0. The molecule has 0 atom stereocenters. The van der Waals surface area contributed by atoms with E-state index in [1.807, 2.05) is 68.4 Å². The monoisotopic (exact) mass is 547 g/mol. The Morgan fingerprint density at radius 2 is 1.52 bits per heavy atom. The molecule has 0 fully saturated rings. The maximum Gasteiger partial charge on any atom is 0.360 e. The summed E-state index contributed by atoms with van der Waals surface area (Å²) in [5, 5.41) is 12.5. The van der Waals surface area contributed by atoms with Gasteiger partial charge < -0.3 is 24.0 Å². The summed E-state index contributed by atoms with van der Waals surface area (Å²) in [4.78, 5) is 28.5. The Morgan fingerprint density at radius 3 is 2.17 bits per heavy atom. The number of rotatable bonds is 13. The molecule has 1 aliphatic carbocycles. The lowest BCUT2D eigenvalue weighted by Crippen LogP contribution is -2.23. The van der Waals surface area contributed by atoms with Crippen LogP contribution in [0.3, 0.4) is 0 Å². The number of benzene rings is 2. The van der Waals surface area contributed by atoms with Gasteiger partial charge in [0.15, 0.2) is 5.71 Å². The summed E-state index contributed by atoms with van der Waals surface area (Å²) in [5.41, 5.74) is 7.06. The van der Waals surface area contributed by atoms with Crippen molar-refractivity contribution in [3.05, 3.63) is 88.0 Å². The van der Waals surface area contributed by atoms with E-state index in [-0.39, 0.29) is 12.3 Å². The van der Waals surface area contributed by atoms with Gasteiger partial charge in [-0.05, 0) is 81.5 Å². The van der Waals surface area contributed by atoms with Crippen molar-refractivity contribution in [1.82, 2.24) is 0 Å². The number of methoxy groups -OCH3 is 1. The first-order valence-electron chi connectivity index (χ1n) is 13.1. The van der Waals surface area contributed by atoms with E-state index in [0.29, 0.717) is 37.5 Å². The van der Waals surface area contributed by atoms with Gasteiger partial charge >= 0.3 is 5.97 Å². The number of carbonyl (C=O) groups is 1. The first-order valence-corrected chi connectivity index (χ1v) is 13.1. The molecule has 0 unspecified atom stereocenters. The fraction of sp³-hybridized carbons (Fsp3) is 0.355. The van der Waals surface area contributed by atoms with E-state index >= 15 is 0 Å². The molecule has 0 radical (unpaired) electrons. The molecule has 0 aliphatic heterocycles. The molecule has 0 aromatic heterocycles. The van der Waals surface area contributed by atoms with Gasteiger partial charge in [-0.3, -0.25) is 0 Å². The third kappa shape index (κ3) is 8.30. The molecule has 2 aromatic rings. The summed E-state index contributed by atoms with van der Waals surface area (Å²) in [6, 6.07) is 17.6. The smallest absolute Gasteiger partial charge is 0.360 e. The fourth-order valence-electron chi connectivity index (χ4n) is 4.07. The summed E-state index contributed by atoms with van der Waals surface area (Å²) in [7, 11) is 2.71. The minimum absolute atomic E-state index is 0.129. The van der Waals surface area contributed by atoms with Crippen LogP contribution in [0.4, 0.5) is 0 Å². The highest BCUT2D eigenvalue weighted by atomic mass is 16.6. The number of ether oxygens (including phenoxy) is 2. The zero-order chi connectivity index (χ0) is 28.9. The second kappa shape index (κ2) is 15.3. The molecule has 2 aromatic carbocycles. The highest BCUT2D eigenvalue weighted by Gasteiger charge is 2.26. The molecular weight excluding hydrogens is 510 g/mol. The molecule has 0 N–H and O–H groups in total. The van der Waals surface area contributed by atoms with Gasteiger partial charge in [0.05, 0.1) is 7.11 Å². The molecule has 3 rings (SSSR count). The normalized spacial score (nSPS) is 14.7. The van der Waals surface area contributed by atoms with Crippen molar-refractivity contribution in [2.24, 2.45) is 15.5 Å². The lowest BCUT2D eigenvalue weighted by atomic mass is 9.85. The van der Waals surface area contributed by atoms with Crippen molar-refractivity contribution in [3.8, 4) is 5.75 Å². The second-order valence-corrected chi connectivity index (χ2v) is 9.22. The molecule has 0 amide bonds. The van der Waals surface area contributed by atoms with Gasteiger partial charge in [0.1, 0.15) is 44.1 Å². The average Bonchev–Trinajstić information content (AvgIpc) is 2.97. The summed E-state index contributed by atoms with van der Waals surface area (Å²) in [6.45, 7) is 8.80. The lowest BCUT2D eigenvalue weighted by Gasteiger charge is -2.22. The lowest BCUT2D eigenvalue weighted by molar-refractivity contribution is -0.132. The number of carbonyl (C=O) groups excluding carboxylic acids is 1. The largest absolute Gasteiger partial charge is 0.489 e. The van der Waals surface area contributed by atoms with Gasteiger partial charge in [-0.15, -0.1) is 0 Å². The van der Waals surface area contributed by atoms with Gasteiger partial charge in [0.25, 0.3) is 0 Å². The number of hydrogen-bond donors (Lipinski definition) is 0. The van der Waals surface area contributed by atoms with Crippen LogP contribution in [-0.2, 0) is 30.7 Å². The predicted molar refractivity (Wildman–Crippen MR) is 156 cm³/mol. The highest BCUT2D eigenvalue weighted by Crippen LogP contribution is 2.31. The van der Waals surface area contributed by atoms with Crippen molar-refractivity contribution in [2.75, 3.05) is 27.4 Å². The Kier molecular flexibility index (Phi) is 11.5. The molecule has 9 nitrogen and oxygen atoms in total. The van der Waals surface area contributed by atoms with E-state index < -0.39 is 5.97 Å². The molecule has 212 valence electrons. The standard InChI is InChI=1S/C31H37N3O6/c1-7-39-34-29(25-13-15-27(16-14-25)38-19-24-11-9-8-10-12-24)23(4)32-40-20-26-17-21(2)22(3)18-28(26)30(33-37-6)31(35)36-5/h8-16H,7,17-20H2,1-6H3. The van der Waals surface area contributed by atoms with Crippen molar-refractivity contribution < 1.29 is 28.8 Å². The van der Waals surface area contributed by atoms with Gasteiger partial charge in [-0.2, -0.15) is 0 Å². The summed E-state index contributed by atoms with van der Waals surface area (Å²) in [6.07, 6.45) is 1.17. The summed E-state index contributed by atoms with van der Waals surface area (Å²) < 4.78 is 10.8. The molecule has 1 aliphatic rings. The maximum atomic E-state index is 12.4. The van der Waals surface area contributed by atoms with Crippen molar-refractivity contribution in [1.29, 1.82) is 0 Å². The quantitative estimate of drug-likeness (QED) is 0.132. The zero-order valence-corrected chi connectivity index (χ0v) is 24.0. The van der Waals surface area contributed by atoms with Crippen LogP contribution in [0.5, 0.6) is 5.75 Å². The molecule has 0 saturated carbocycles. The third-order valence-corrected chi connectivity index (χ3v) is 6.37. The predicted octanol–water partition coefficient (Wildman–Crippen LogP) is 6.00. The Bertz CT molecular complexity index is 1310. The minimum atomic E-state index is -0.566. The van der Waals surface area contributed by atoms with Crippen LogP contribution in [0.15, 0.2) is 92.4 Å². The third-order valence-electron chi connectivity index (χ3n) is 6.37. The van der Waals surface area contributed by atoms with E-state index in [2.05, 4.69) is 22.4 Å².